The fraction of sp³-hybridized carbons (Fsp3) is 0.917. The average molecular weight is 215 g/mol. The lowest BCUT2D eigenvalue weighted by Crippen LogP contribution is -2.32. The van der Waals surface area contributed by atoms with Crippen LogP contribution in [0, 0.1) is 5.92 Å². The molecule has 0 saturated heterocycles. The van der Waals surface area contributed by atoms with E-state index in [4.69, 9.17) is 4.74 Å². The van der Waals surface area contributed by atoms with Crippen molar-refractivity contribution < 1.29 is 9.53 Å². The maximum absolute atomic E-state index is 11.3. The van der Waals surface area contributed by atoms with Gasteiger partial charge in [-0.05, 0) is 39.5 Å². The van der Waals surface area contributed by atoms with Crippen molar-refractivity contribution in [3.8, 4) is 0 Å². The van der Waals surface area contributed by atoms with Gasteiger partial charge in [-0.15, -0.1) is 0 Å². The highest BCUT2D eigenvalue weighted by Crippen LogP contribution is 2.05. The second kappa shape index (κ2) is 6.83. The van der Waals surface area contributed by atoms with E-state index in [0.29, 0.717) is 5.92 Å². The summed E-state index contributed by atoms with van der Waals surface area (Å²) in [6, 6.07) is 0. The van der Waals surface area contributed by atoms with E-state index in [2.05, 4.69) is 19.2 Å². The van der Waals surface area contributed by atoms with Crippen LogP contribution in [-0.2, 0) is 9.53 Å². The van der Waals surface area contributed by atoms with Crippen LogP contribution in [0.2, 0.25) is 0 Å². The van der Waals surface area contributed by atoms with Gasteiger partial charge in [0.2, 0.25) is 5.91 Å². The Kier molecular flexibility index (Phi) is 6.57. The molecule has 0 aliphatic carbocycles. The van der Waals surface area contributed by atoms with E-state index in [1.807, 2.05) is 20.8 Å². The maximum Gasteiger partial charge on any atom is 0.246 e. The van der Waals surface area contributed by atoms with Gasteiger partial charge in [0.25, 0.3) is 0 Å². The Labute approximate surface area is 93.6 Å². The SMILES string of the molecule is CC(C)CCCNC(=O)COC(C)(C)C. The van der Waals surface area contributed by atoms with Gasteiger partial charge in [-0.2, -0.15) is 0 Å². The lowest BCUT2D eigenvalue weighted by atomic mass is 10.1. The molecule has 0 aliphatic heterocycles. The molecule has 0 aliphatic rings. The minimum absolute atomic E-state index is 0.0197. The summed E-state index contributed by atoms with van der Waals surface area (Å²) < 4.78 is 5.36. The lowest BCUT2D eigenvalue weighted by Gasteiger charge is -2.19. The third-order valence-electron chi connectivity index (χ3n) is 1.92. The summed E-state index contributed by atoms with van der Waals surface area (Å²) in [6.45, 7) is 11.1. The van der Waals surface area contributed by atoms with E-state index >= 15 is 0 Å². The summed E-state index contributed by atoms with van der Waals surface area (Å²) in [6.07, 6.45) is 2.19. The summed E-state index contributed by atoms with van der Waals surface area (Å²) in [5.41, 5.74) is -0.241. The Morgan fingerprint density at radius 2 is 1.93 bits per heavy atom. The molecule has 0 bridgehead atoms. The predicted octanol–water partition coefficient (Wildman–Crippen LogP) is 2.35. The zero-order chi connectivity index (χ0) is 11.9. The minimum Gasteiger partial charge on any atom is -0.366 e. The van der Waals surface area contributed by atoms with Gasteiger partial charge in [0.05, 0.1) is 5.60 Å². The van der Waals surface area contributed by atoms with Gasteiger partial charge in [-0.25, -0.2) is 0 Å². The topological polar surface area (TPSA) is 38.3 Å². The molecule has 1 N–H and O–H groups in total. The number of nitrogens with one attached hydrogen (secondary N) is 1. The highest BCUT2D eigenvalue weighted by molar-refractivity contribution is 5.77. The van der Waals surface area contributed by atoms with Crippen molar-refractivity contribution in [2.24, 2.45) is 5.92 Å². The minimum atomic E-state index is -0.241. The number of ether oxygens (including phenoxy) is 1. The third kappa shape index (κ3) is 11.4. The van der Waals surface area contributed by atoms with Gasteiger partial charge in [-0.1, -0.05) is 13.8 Å². The van der Waals surface area contributed by atoms with Crippen molar-refractivity contribution in [3.05, 3.63) is 0 Å². The van der Waals surface area contributed by atoms with Crippen molar-refractivity contribution in [2.45, 2.75) is 53.1 Å². The van der Waals surface area contributed by atoms with E-state index in [9.17, 15) is 4.79 Å². The number of amides is 1. The normalized spacial score (nSPS) is 11.9. The lowest BCUT2D eigenvalue weighted by molar-refractivity contribution is -0.130. The van der Waals surface area contributed by atoms with E-state index < -0.39 is 0 Å². The number of rotatable bonds is 6. The molecule has 0 unspecified atom stereocenters. The summed E-state index contributed by atoms with van der Waals surface area (Å²) in [5.74, 6) is 0.682. The molecule has 0 saturated carbocycles. The van der Waals surface area contributed by atoms with Crippen LogP contribution in [0.1, 0.15) is 47.5 Å². The molecular weight excluding hydrogens is 190 g/mol. The average Bonchev–Trinajstić information content (AvgIpc) is 2.07. The molecule has 0 fully saturated rings. The van der Waals surface area contributed by atoms with Crippen molar-refractivity contribution in [1.82, 2.24) is 5.32 Å². The first-order valence-corrected chi connectivity index (χ1v) is 5.72. The van der Waals surface area contributed by atoms with E-state index in [0.717, 1.165) is 19.4 Å². The van der Waals surface area contributed by atoms with Gasteiger partial charge in [0, 0.05) is 6.54 Å². The summed E-state index contributed by atoms with van der Waals surface area (Å²) in [4.78, 5) is 11.3. The summed E-state index contributed by atoms with van der Waals surface area (Å²) in [5, 5.41) is 2.85. The Balaban J connectivity index is 3.42. The van der Waals surface area contributed by atoms with Crippen molar-refractivity contribution in [3.63, 3.8) is 0 Å². The largest absolute Gasteiger partial charge is 0.366 e. The monoisotopic (exact) mass is 215 g/mol. The summed E-state index contributed by atoms with van der Waals surface area (Å²) in [7, 11) is 0. The number of hydrogen-bond donors (Lipinski definition) is 1. The van der Waals surface area contributed by atoms with Gasteiger partial charge in [0.15, 0.2) is 0 Å². The van der Waals surface area contributed by atoms with Crippen molar-refractivity contribution >= 4 is 5.91 Å². The number of hydrogen-bond acceptors (Lipinski definition) is 2. The molecule has 0 aromatic carbocycles. The maximum atomic E-state index is 11.3. The van der Waals surface area contributed by atoms with Gasteiger partial charge in [0.1, 0.15) is 6.61 Å². The molecule has 1 amide bonds. The first kappa shape index (κ1) is 14.4. The zero-order valence-electron chi connectivity index (χ0n) is 10.7. The van der Waals surface area contributed by atoms with E-state index in [1.54, 1.807) is 0 Å². The van der Waals surface area contributed by atoms with Crippen LogP contribution in [0.5, 0.6) is 0 Å². The molecule has 0 radical (unpaired) electrons. The molecule has 0 rings (SSSR count). The highest BCUT2D eigenvalue weighted by Gasteiger charge is 2.12. The van der Waals surface area contributed by atoms with E-state index in [1.165, 1.54) is 0 Å². The molecule has 0 heterocycles. The van der Waals surface area contributed by atoms with Crippen LogP contribution >= 0.6 is 0 Å². The molecule has 0 aromatic heterocycles. The molecule has 0 aromatic rings. The number of carbonyl (C=O) groups excluding carboxylic acids is 1. The molecule has 15 heavy (non-hydrogen) atoms. The molecule has 0 spiro atoms. The van der Waals surface area contributed by atoms with E-state index in [-0.39, 0.29) is 18.1 Å². The number of carbonyl (C=O) groups is 1. The van der Waals surface area contributed by atoms with Crippen molar-refractivity contribution in [2.75, 3.05) is 13.2 Å². The smallest absolute Gasteiger partial charge is 0.246 e. The molecule has 90 valence electrons. The van der Waals surface area contributed by atoms with Crippen LogP contribution < -0.4 is 5.32 Å². The highest BCUT2D eigenvalue weighted by atomic mass is 16.5. The third-order valence-corrected chi connectivity index (χ3v) is 1.92. The Morgan fingerprint density at radius 1 is 1.33 bits per heavy atom. The van der Waals surface area contributed by atoms with Crippen LogP contribution in [0.25, 0.3) is 0 Å². The zero-order valence-corrected chi connectivity index (χ0v) is 10.7. The van der Waals surface area contributed by atoms with Crippen LogP contribution in [-0.4, -0.2) is 24.7 Å². The standard InChI is InChI=1S/C12H25NO2/c1-10(2)7-6-8-13-11(14)9-15-12(3,4)5/h10H,6-9H2,1-5H3,(H,13,14). The Morgan fingerprint density at radius 3 is 2.40 bits per heavy atom. The van der Waals surface area contributed by atoms with Crippen LogP contribution in [0.3, 0.4) is 0 Å². The second-order valence-electron chi connectivity index (χ2n) is 5.29. The fourth-order valence-corrected chi connectivity index (χ4v) is 1.07. The van der Waals surface area contributed by atoms with Gasteiger partial charge in [-0.3, -0.25) is 4.79 Å². The first-order valence-electron chi connectivity index (χ1n) is 5.72. The second-order valence-corrected chi connectivity index (χ2v) is 5.29. The Hall–Kier alpha value is -0.570. The molecule has 3 heteroatoms. The fourth-order valence-electron chi connectivity index (χ4n) is 1.07. The molecule has 3 nitrogen and oxygen atoms in total. The predicted molar refractivity (Wildman–Crippen MR) is 62.8 cm³/mol. The van der Waals surface area contributed by atoms with Gasteiger partial charge >= 0.3 is 0 Å². The van der Waals surface area contributed by atoms with Crippen molar-refractivity contribution in [1.29, 1.82) is 0 Å². The quantitative estimate of drug-likeness (QED) is 0.691. The molecular formula is C12H25NO2. The van der Waals surface area contributed by atoms with Crippen LogP contribution in [0.4, 0.5) is 0 Å². The van der Waals surface area contributed by atoms with Gasteiger partial charge < -0.3 is 10.1 Å². The Bertz CT molecular complexity index is 183. The van der Waals surface area contributed by atoms with Crippen LogP contribution in [0.15, 0.2) is 0 Å². The summed E-state index contributed by atoms with van der Waals surface area (Å²) >= 11 is 0. The first-order chi connectivity index (χ1) is 6.81. The molecule has 0 atom stereocenters.